The second-order valence-corrected chi connectivity index (χ2v) is 7.56. The van der Waals surface area contributed by atoms with E-state index in [-0.39, 0.29) is 11.4 Å². The van der Waals surface area contributed by atoms with Gasteiger partial charge < -0.3 is 9.84 Å². The quantitative estimate of drug-likeness (QED) is 0.921. The molecule has 1 unspecified atom stereocenters. The molecule has 0 fully saturated rings. The Morgan fingerprint density at radius 2 is 2.04 bits per heavy atom. The van der Waals surface area contributed by atoms with Gasteiger partial charge in [-0.25, -0.2) is 8.42 Å². The second kappa shape index (κ2) is 6.03. The second-order valence-electron chi connectivity index (χ2n) is 5.26. The van der Waals surface area contributed by atoms with Gasteiger partial charge in [-0.15, -0.1) is 0 Å². The number of methoxy groups -OCH3 is 1. The number of aliphatic hydroxyl groups is 1. The van der Waals surface area contributed by atoms with E-state index in [9.17, 15) is 13.5 Å². The summed E-state index contributed by atoms with van der Waals surface area (Å²) in [5, 5.41) is 10.5. The lowest BCUT2D eigenvalue weighted by Crippen LogP contribution is -2.36. The van der Waals surface area contributed by atoms with Crippen molar-refractivity contribution < 1.29 is 18.3 Å². The molecular weight excluding hydrogens is 338 g/mol. The summed E-state index contributed by atoms with van der Waals surface area (Å²) in [4.78, 5) is 0.121. The van der Waals surface area contributed by atoms with Crippen LogP contribution in [0, 0.1) is 0 Å². The molecule has 2 aromatic carbocycles. The Kier molecular flexibility index (Phi) is 4.23. The van der Waals surface area contributed by atoms with Crippen LogP contribution in [0.2, 0.25) is 5.02 Å². The minimum Gasteiger partial charge on any atom is -0.497 e. The Labute approximate surface area is 140 Å². The van der Waals surface area contributed by atoms with Crippen LogP contribution in [-0.4, -0.2) is 27.2 Å². The Morgan fingerprint density at radius 1 is 1.26 bits per heavy atom. The van der Waals surface area contributed by atoms with E-state index in [1.165, 1.54) is 23.5 Å². The molecule has 0 spiro atoms. The van der Waals surface area contributed by atoms with E-state index >= 15 is 0 Å². The average molecular weight is 354 g/mol. The summed E-state index contributed by atoms with van der Waals surface area (Å²) >= 11 is 5.92. The molecule has 0 aromatic heterocycles. The topological polar surface area (TPSA) is 66.8 Å². The lowest BCUT2D eigenvalue weighted by atomic mass is 10.0. The summed E-state index contributed by atoms with van der Waals surface area (Å²) in [5.74, 6) is 0.532. The summed E-state index contributed by atoms with van der Waals surface area (Å²) in [6.07, 6.45) is -0.360. The van der Waals surface area contributed by atoms with Crippen molar-refractivity contribution in [3.05, 3.63) is 53.1 Å². The van der Waals surface area contributed by atoms with Crippen molar-refractivity contribution in [3.8, 4) is 5.75 Å². The Morgan fingerprint density at radius 3 is 2.74 bits per heavy atom. The Hall–Kier alpha value is -1.76. The number of rotatable bonds is 3. The number of nitrogens with zero attached hydrogens (tertiary/aromatic N) is 1. The molecule has 0 radical (unpaired) electrons. The van der Waals surface area contributed by atoms with E-state index in [0.717, 1.165) is 0 Å². The molecule has 2 aromatic rings. The molecule has 1 N–H and O–H groups in total. The summed E-state index contributed by atoms with van der Waals surface area (Å²) in [7, 11) is -2.25. The third-order valence-electron chi connectivity index (χ3n) is 3.86. The maximum Gasteiger partial charge on any atom is 0.264 e. The van der Waals surface area contributed by atoms with Crippen LogP contribution in [0.4, 0.5) is 5.69 Å². The van der Waals surface area contributed by atoms with Crippen LogP contribution in [0.5, 0.6) is 5.75 Å². The molecule has 0 amide bonds. The number of halogens is 1. The smallest absolute Gasteiger partial charge is 0.264 e. The minimum absolute atomic E-state index is 0.121. The minimum atomic E-state index is -3.76. The van der Waals surface area contributed by atoms with E-state index in [2.05, 4.69) is 0 Å². The van der Waals surface area contributed by atoms with E-state index in [4.69, 9.17) is 16.3 Å². The van der Waals surface area contributed by atoms with Gasteiger partial charge in [0.05, 0.1) is 23.8 Å². The van der Waals surface area contributed by atoms with Crippen LogP contribution in [-0.2, 0) is 10.0 Å². The predicted octanol–water partition coefficient (Wildman–Crippen LogP) is 2.98. The number of anilines is 1. The molecule has 23 heavy (non-hydrogen) atoms. The molecule has 0 saturated carbocycles. The maximum atomic E-state index is 13.0. The van der Waals surface area contributed by atoms with Crippen molar-refractivity contribution in [2.75, 3.05) is 18.0 Å². The molecule has 0 bridgehead atoms. The molecule has 3 rings (SSSR count). The fraction of sp³-hybridized carbons (Fsp3) is 0.250. The lowest BCUT2D eigenvalue weighted by Gasteiger charge is -2.33. The van der Waals surface area contributed by atoms with Gasteiger partial charge in [0.15, 0.2) is 0 Å². The molecule has 0 saturated heterocycles. The van der Waals surface area contributed by atoms with Gasteiger partial charge in [0.1, 0.15) is 5.75 Å². The number of benzene rings is 2. The van der Waals surface area contributed by atoms with E-state index < -0.39 is 16.1 Å². The first-order valence-electron chi connectivity index (χ1n) is 7.08. The van der Waals surface area contributed by atoms with Crippen LogP contribution in [0.3, 0.4) is 0 Å². The van der Waals surface area contributed by atoms with Gasteiger partial charge in [-0.05, 0) is 30.7 Å². The number of aliphatic hydroxyl groups excluding tert-OH is 1. The fourth-order valence-electron chi connectivity index (χ4n) is 2.67. The normalized spacial score (nSPS) is 17.7. The summed E-state index contributed by atoms with van der Waals surface area (Å²) in [5.41, 5.74) is 1.01. The van der Waals surface area contributed by atoms with Crippen molar-refractivity contribution in [1.82, 2.24) is 0 Å². The van der Waals surface area contributed by atoms with Crippen LogP contribution in [0.15, 0.2) is 47.4 Å². The standard InChI is InChI=1S/C16H16ClNO4S/c1-22-12-5-6-14-15(10-12)18(8-7-16(14)19)23(20,21)13-4-2-3-11(17)9-13/h2-6,9-10,16,19H,7-8H2,1H3. The molecule has 1 aliphatic heterocycles. The summed E-state index contributed by atoms with van der Waals surface area (Å²) in [6.45, 7) is 0.191. The van der Waals surface area contributed by atoms with Gasteiger partial charge in [0.2, 0.25) is 0 Å². The van der Waals surface area contributed by atoms with Crippen molar-refractivity contribution >= 4 is 27.3 Å². The first-order valence-corrected chi connectivity index (χ1v) is 8.89. The largest absolute Gasteiger partial charge is 0.497 e. The fourth-order valence-corrected chi connectivity index (χ4v) is 4.47. The van der Waals surface area contributed by atoms with Crippen LogP contribution in [0.25, 0.3) is 0 Å². The van der Waals surface area contributed by atoms with Gasteiger partial charge in [0.25, 0.3) is 10.0 Å². The first kappa shape index (κ1) is 16.1. The van der Waals surface area contributed by atoms with Crippen molar-refractivity contribution in [2.45, 2.75) is 17.4 Å². The lowest BCUT2D eigenvalue weighted by molar-refractivity contribution is 0.166. The number of ether oxygens (including phenoxy) is 1. The number of hydrogen-bond acceptors (Lipinski definition) is 4. The van der Waals surface area contributed by atoms with Crippen LogP contribution < -0.4 is 9.04 Å². The van der Waals surface area contributed by atoms with Crippen LogP contribution >= 0.6 is 11.6 Å². The zero-order chi connectivity index (χ0) is 16.6. The van der Waals surface area contributed by atoms with Gasteiger partial charge in [-0.2, -0.15) is 0 Å². The van der Waals surface area contributed by atoms with E-state index in [1.54, 1.807) is 30.3 Å². The van der Waals surface area contributed by atoms with Crippen molar-refractivity contribution in [3.63, 3.8) is 0 Å². The predicted molar refractivity (Wildman–Crippen MR) is 88.6 cm³/mol. The third kappa shape index (κ3) is 2.89. The molecule has 0 aliphatic carbocycles. The SMILES string of the molecule is COc1ccc2c(c1)N(S(=O)(=O)c1cccc(Cl)c1)CCC2O. The zero-order valence-electron chi connectivity index (χ0n) is 12.4. The summed E-state index contributed by atoms with van der Waals surface area (Å²) in [6, 6.07) is 11.2. The highest BCUT2D eigenvalue weighted by Crippen LogP contribution is 2.39. The summed E-state index contributed by atoms with van der Waals surface area (Å²) < 4.78 is 32.4. The van der Waals surface area contributed by atoms with E-state index in [0.29, 0.717) is 28.4 Å². The number of fused-ring (bicyclic) bond motifs is 1. The van der Waals surface area contributed by atoms with Crippen molar-refractivity contribution in [2.24, 2.45) is 0 Å². The third-order valence-corrected chi connectivity index (χ3v) is 5.90. The van der Waals surface area contributed by atoms with Crippen molar-refractivity contribution in [1.29, 1.82) is 0 Å². The average Bonchev–Trinajstić information content (AvgIpc) is 2.54. The monoisotopic (exact) mass is 353 g/mol. The number of hydrogen-bond donors (Lipinski definition) is 1. The Balaban J connectivity index is 2.13. The molecule has 1 aliphatic rings. The molecule has 1 heterocycles. The number of sulfonamides is 1. The van der Waals surface area contributed by atoms with Gasteiger partial charge in [0, 0.05) is 23.2 Å². The maximum absolute atomic E-state index is 13.0. The van der Waals surface area contributed by atoms with E-state index in [1.807, 2.05) is 0 Å². The molecule has 7 heteroatoms. The molecule has 122 valence electrons. The van der Waals surface area contributed by atoms with Gasteiger partial charge >= 0.3 is 0 Å². The first-order chi connectivity index (χ1) is 10.9. The Bertz CT molecular complexity index is 838. The van der Waals surface area contributed by atoms with Gasteiger partial charge in [-0.1, -0.05) is 23.7 Å². The highest BCUT2D eigenvalue weighted by molar-refractivity contribution is 7.92. The molecule has 1 atom stereocenters. The van der Waals surface area contributed by atoms with Crippen LogP contribution in [0.1, 0.15) is 18.1 Å². The highest BCUT2D eigenvalue weighted by atomic mass is 35.5. The molecular formula is C16H16ClNO4S. The van der Waals surface area contributed by atoms with Gasteiger partial charge in [-0.3, -0.25) is 4.31 Å². The zero-order valence-corrected chi connectivity index (χ0v) is 14.0. The molecule has 5 nitrogen and oxygen atoms in total. The highest BCUT2D eigenvalue weighted by Gasteiger charge is 2.32.